The van der Waals surface area contributed by atoms with Crippen LogP contribution in [-0.2, 0) is 0 Å². The molecule has 6 nitrogen and oxygen atoms in total. The predicted molar refractivity (Wildman–Crippen MR) is 91.6 cm³/mol. The summed E-state index contributed by atoms with van der Waals surface area (Å²) in [5, 5.41) is 5.75. The molecule has 1 aliphatic heterocycles. The summed E-state index contributed by atoms with van der Waals surface area (Å²) in [5.41, 5.74) is 1.95. The third-order valence-corrected chi connectivity index (χ3v) is 4.13. The number of urea groups is 2. The molecule has 0 unspecified atom stereocenters. The van der Waals surface area contributed by atoms with Crippen molar-refractivity contribution < 1.29 is 9.59 Å². The molecule has 4 amide bonds. The second-order valence-electron chi connectivity index (χ2n) is 6.31. The molecule has 1 saturated heterocycles. The van der Waals surface area contributed by atoms with Gasteiger partial charge in [0, 0.05) is 39.4 Å². The minimum Gasteiger partial charge on any atom is -0.338 e. The molecule has 126 valence electrons. The topological polar surface area (TPSA) is 64.7 Å². The Labute approximate surface area is 137 Å². The van der Waals surface area contributed by atoms with Gasteiger partial charge in [-0.1, -0.05) is 17.7 Å². The maximum absolute atomic E-state index is 11.9. The molecule has 0 atom stereocenters. The van der Waals surface area contributed by atoms with Gasteiger partial charge >= 0.3 is 12.1 Å². The number of carbonyl (C=O) groups is 2. The van der Waals surface area contributed by atoms with E-state index >= 15 is 0 Å². The largest absolute Gasteiger partial charge is 0.338 e. The molecule has 0 aromatic heterocycles. The van der Waals surface area contributed by atoms with Crippen LogP contribution in [0.15, 0.2) is 24.3 Å². The fourth-order valence-electron chi connectivity index (χ4n) is 2.66. The van der Waals surface area contributed by atoms with E-state index in [0.29, 0.717) is 12.5 Å². The molecule has 1 heterocycles. The lowest BCUT2D eigenvalue weighted by Crippen LogP contribution is -2.45. The van der Waals surface area contributed by atoms with Crippen LogP contribution < -0.4 is 10.6 Å². The van der Waals surface area contributed by atoms with Gasteiger partial charge in [0.2, 0.25) is 0 Å². The van der Waals surface area contributed by atoms with Crippen LogP contribution in [0.5, 0.6) is 0 Å². The van der Waals surface area contributed by atoms with E-state index < -0.39 is 0 Å². The first-order valence-electron chi connectivity index (χ1n) is 8.03. The summed E-state index contributed by atoms with van der Waals surface area (Å²) in [6, 6.07) is 7.59. The van der Waals surface area contributed by atoms with E-state index in [-0.39, 0.29) is 12.1 Å². The van der Waals surface area contributed by atoms with Crippen LogP contribution in [-0.4, -0.2) is 55.6 Å². The maximum Gasteiger partial charge on any atom is 0.319 e. The summed E-state index contributed by atoms with van der Waals surface area (Å²) < 4.78 is 0. The zero-order chi connectivity index (χ0) is 16.8. The number of anilines is 1. The van der Waals surface area contributed by atoms with Gasteiger partial charge in [0.05, 0.1) is 0 Å². The van der Waals surface area contributed by atoms with Crippen LogP contribution in [0.2, 0.25) is 0 Å². The summed E-state index contributed by atoms with van der Waals surface area (Å²) >= 11 is 0. The summed E-state index contributed by atoms with van der Waals surface area (Å²) in [7, 11) is 3.54. The maximum atomic E-state index is 11.9. The number of aryl methyl sites for hydroxylation is 1. The Morgan fingerprint density at radius 3 is 2.35 bits per heavy atom. The SMILES string of the molecule is Cc1ccc(NC(=O)NCC2CCN(C(=O)N(C)C)CC2)cc1. The molecule has 1 aliphatic rings. The van der Waals surface area contributed by atoms with Crippen LogP contribution in [0.3, 0.4) is 0 Å². The van der Waals surface area contributed by atoms with Gasteiger partial charge in [0.25, 0.3) is 0 Å². The Bertz CT molecular complexity index is 534. The van der Waals surface area contributed by atoms with Gasteiger partial charge in [-0.15, -0.1) is 0 Å². The van der Waals surface area contributed by atoms with Crippen molar-refractivity contribution in [1.29, 1.82) is 0 Å². The molecule has 0 radical (unpaired) electrons. The standard InChI is InChI=1S/C17H26N4O2/c1-13-4-6-15(7-5-13)19-16(22)18-12-14-8-10-21(11-9-14)17(23)20(2)3/h4-7,14H,8-12H2,1-3H3,(H2,18,19,22). The van der Waals surface area contributed by atoms with Crippen molar-refractivity contribution in [1.82, 2.24) is 15.1 Å². The Kier molecular flexibility index (Phi) is 5.84. The normalized spacial score (nSPS) is 15.2. The van der Waals surface area contributed by atoms with E-state index in [2.05, 4.69) is 10.6 Å². The van der Waals surface area contributed by atoms with Gasteiger partial charge in [-0.3, -0.25) is 0 Å². The Balaban J connectivity index is 1.69. The molecule has 0 bridgehead atoms. The molecular formula is C17H26N4O2. The van der Waals surface area contributed by atoms with Gasteiger partial charge in [0.15, 0.2) is 0 Å². The van der Waals surface area contributed by atoms with E-state index in [9.17, 15) is 9.59 Å². The van der Waals surface area contributed by atoms with Gasteiger partial charge in [-0.2, -0.15) is 0 Å². The summed E-state index contributed by atoms with van der Waals surface area (Å²) in [6.45, 7) is 4.16. The van der Waals surface area contributed by atoms with Crippen molar-refractivity contribution in [2.75, 3.05) is 39.0 Å². The van der Waals surface area contributed by atoms with E-state index in [4.69, 9.17) is 0 Å². The summed E-state index contributed by atoms with van der Waals surface area (Å²) in [4.78, 5) is 27.2. The number of carbonyl (C=O) groups excluding carboxylic acids is 2. The minimum absolute atomic E-state index is 0.0634. The Morgan fingerprint density at radius 1 is 1.17 bits per heavy atom. The van der Waals surface area contributed by atoms with Gasteiger partial charge in [0.1, 0.15) is 0 Å². The van der Waals surface area contributed by atoms with Crippen molar-refractivity contribution in [3.63, 3.8) is 0 Å². The molecule has 0 saturated carbocycles. The molecule has 2 rings (SSSR count). The fourth-order valence-corrected chi connectivity index (χ4v) is 2.66. The first-order chi connectivity index (χ1) is 11.0. The molecule has 23 heavy (non-hydrogen) atoms. The summed E-state index contributed by atoms with van der Waals surface area (Å²) in [6.07, 6.45) is 1.84. The number of likely N-dealkylation sites (tertiary alicyclic amines) is 1. The van der Waals surface area contributed by atoms with Crippen molar-refractivity contribution in [3.8, 4) is 0 Å². The van der Waals surface area contributed by atoms with Crippen molar-refractivity contribution in [2.24, 2.45) is 5.92 Å². The van der Waals surface area contributed by atoms with Crippen molar-refractivity contribution in [3.05, 3.63) is 29.8 Å². The molecule has 1 aromatic rings. The lowest BCUT2D eigenvalue weighted by molar-refractivity contribution is 0.147. The van der Waals surface area contributed by atoms with Crippen molar-refractivity contribution in [2.45, 2.75) is 19.8 Å². The van der Waals surface area contributed by atoms with Crippen LogP contribution in [0, 0.1) is 12.8 Å². The molecule has 2 N–H and O–H groups in total. The minimum atomic E-state index is -0.180. The third kappa shape index (κ3) is 5.16. The third-order valence-electron chi connectivity index (χ3n) is 4.13. The highest BCUT2D eigenvalue weighted by Gasteiger charge is 2.23. The van der Waals surface area contributed by atoms with E-state index in [1.165, 1.54) is 0 Å². The monoisotopic (exact) mass is 318 g/mol. The smallest absolute Gasteiger partial charge is 0.319 e. The molecule has 1 fully saturated rings. The summed E-state index contributed by atoms with van der Waals surface area (Å²) in [5.74, 6) is 0.421. The Morgan fingerprint density at radius 2 is 1.78 bits per heavy atom. The number of benzene rings is 1. The van der Waals surface area contributed by atoms with E-state index in [0.717, 1.165) is 37.2 Å². The van der Waals surface area contributed by atoms with Gasteiger partial charge in [-0.05, 0) is 37.8 Å². The van der Waals surface area contributed by atoms with Gasteiger partial charge < -0.3 is 20.4 Å². The number of rotatable bonds is 3. The van der Waals surface area contributed by atoms with Crippen LogP contribution in [0.1, 0.15) is 18.4 Å². The van der Waals surface area contributed by atoms with Crippen LogP contribution in [0.4, 0.5) is 15.3 Å². The highest BCUT2D eigenvalue weighted by molar-refractivity contribution is 5.89. The molecular weight excluding hydrogens is 292 g/mol. The molecule has 1 aromatic carbocycles. The first kappa shape index (κ1) is 17.1. The molecule has 0 aliphatic carbocycles. The zero-order valence-electron chi connectivity index (χ0n) is 14.1. The van der Waals surface area contributed by atoms with Crippen LogP contribution >= 0.6 is 0 Å². The predicted octanol–water partition coefficient (Wildman–Crippen LogP) is 2.51. The second-order valence-corrected chi connectivity index (χ2v) is 6.31. The van der Waals surface area contributed by atoms with Crippen LogP contribution in [0.25, 0.3) is 0 Å². The zero-order valence-corrected chi connectivity index (χ0v) is 14.1. The van der Waals surface area contributed by atoms with Crippen molar-refractivity contribution >= 4 is 17.7 Å². The number of hydrogen-bond donors (Lipinski definition) is 2. The lowest BCUT2D eigenvalue weighted by atomic mass is 9.97. The molecule has 6 heteroatoms. The van der Waals surface area contributed by atoms with E-state index in [1.807, 2.05) is 36.1 Å². The number of nitrogens with zero attached hydrogens (tertiary/aromatic N) is 2. The average Bonchev–Trinajstić information content (AvgIpc) is 2.55. The highest BCUT2D eigenvalue weighted by atomic mass is 16.2. The number of nitrogens with one attached hydrogen (secondary N) is 2. The van der Waals surface area contributed by atoms with Gasteiger partial charge in [-0.25, -0.2) is 9.59 Å². The quantitative estimate of drug-likeness (QED) is 0.899. The highest BCUT2D eigenvalue weighted by Crippen LogP contribution is 2.17. The first-order valence-corrected chi connectivity index (χ1v) is 8.03. The Hall–Kier alpha value is -2.24. The molecule has 0 spiro atoms. The second kappa shape index (κ2) is 7.85. The average molecular weight is 318 g/mol. The van der Waals surface area contributed by atoms with E-state index in [1.54, 1.807) is 19.0 Å². The number of amides is 4. The number of piperidine rings is 1. The fraction of sp³-hybridized carbons (Fsp3) is 0.529. The number of hydrogen-bond acceptors (Lipinski definition) is 2. The lowest BCUT2D eigenvalue weighted by Gasteiger charge is -2.33.